The molecule has 82 valence electrons. The van der Waals surface area contributed by atoms with E-state index in [1.165, 1.54) is 16.8 Å². The van der Waals surface area contributed by atoms with Gasteiger partial charge in [0, 0.05) is 26.3 Å². The molecule has 3 rings (SSSR count). The van der Waals surface area contributed by atoms with Crippen molar-refractivity contribution in [2.24, 2.45) is 7.05 Å². The molecule has 0 spiro atoms. The first-order chi connectivity index (χ1) is 7.83. The molecule has 0 fully saturated rings. The number of aromatic nitrogens is 2. The lowest BCUT2D eigenvalue weighted by molar-refractivity contribution is 0.729. The number of anilines is 1. The van der Waals surface area contributed by atoms with Crippen LogP contribution in [0.25, 0.3) is 0 Å². The fourth-order valence-electron chi connectivity index (χ4n) is 2.29. The number of aryl methyl sites for hydroxylation is 1. The first-order valence-corrected chi connectivity index (χ1v) is 5.63. The monoisotopic (exact) mass is 213 g/mol. The van der Waals surface area contributed by atoms with Crippen molar-refractivity contribution >= 4 is 5.69 Å². The minimum absolute atomic E-state index is 1.00. The lowest BCUT2D eigenvalue weighted by Gasteiger charge is -2.29. The molecule has 0 unspecified atom stereocenters. The summed E-state index contributed by atoms with van der Waals surface area (Å²) in [5.41, 5.74) is 4.15. The highest BCUT2D eigenvalue weighted by Crippen LogP contribution is 2.23. The van der Waals surface area contributed by atoms with Gasteiger partial charge in [-0.2, -0.15) is 5.10 Å². The smallest absolute Gasteiger partial charge is 0.0755 e. The zero-order chi connectivity index (χ0) is 11.0. The maximum Gasteiger partial charge on any atom is 0.0755 e. The van der Waals surface area contributed by atoms with Gasteiger partial charge in [-0.3, -0.25) is 4.68 Å². The number of nitrogens with zero attached hydrogens (tertiary/aromatic N) is 3. The minimum Gasteiger partial charge on any atom is -0.364 e. The Hall–Kier alpha value is -1.77. The molecule has 1 aliphatic heterocycles. The Kier molecular flexibility index (Phi) is 2.17. The van der Waals surface area contributed by atoms with Crippen molar-refractivity contribution in [3.8, 4) is 0 Å². The standard InChI is InChI=1S/C13H15N3/c1-15-10-13(8-14-15)16-7-6-11-4-2-3-5-12(11)9-16/h2-5,8,10H,6-7,9H2,1H3. The predicted octanol–water partition coefficient (Wildman–Crippen LogP) is 1.98. The summed E-state index contributed by atoms with van der Waals surface area (Å²) in [6.45, 7) is 2.09. The lowest BCUT2D eigenvalue weighted by Crippen LogP contribution is -2.29. The zero-order valence-electron chi connectivity index (χ0n) is 9.43. The summed E-state index contributed by atoms with van der Waals surface area (Å²) < 4.78 is 1.86. The summed E-state index contributed by atoms with van der Waals surface area (Å²) >= 11 is 0. The quantitative estimate of drug-likeness (QED) is 0.722. The summed E-state index contributed by atoms with van der Waals surface area (Å²) in [5, 5.41) is 4.22. The molecule has 1 aromatic heterocycles. The van der Waals surface area contributed by atoms with Crippen LogP contribution in [0.15, 0.2) is 36.7 Å². The first kappa shape index (κ1) is 9.46. The fourth-order valence-corrected chi connectivity index (χ4v) is 2.29. The van der Waals surface area contributed by atoms with Gasteiger partial charge in [0.15, 0.2) is 0 Å². The molecule has 0 N–H and O–H groups in total. The third kappa shape index (κ3) is 1.58. The van der Waals surface area contributed by atoms with Crippen LogP contribution in [0, 0.1) is 0 Å². The Labute approximate surface area is 95.3 Å². The zero-order valence-corrected chi connectivity index (χ0v) is 9.43. The summed E-state index contributed by atoms with van der Waals surface area (Å²) in [7, 11) is 1.96. The molecule has 0 bridgehead atoms. The lowest BCUT2D eigenvalue weighted by atomic mass is 10.00. The van der Waals surface area contributed by atoms with Crippen LogP contribution in [0.5, 0.6) is 0 Å². The van der Waals surface area contributed by atoms with E-state index >= 15 is 0 Å². The molecule has 3 heteroatoms. The van der Waals surface area contributed by atoms with E-state index in [1.54, 1.807) is 0 Å². The van der Waals surface area contributed by atoms with Crippen LogP contribution in [0.4, 0.5) is 5.69 Å². The number of hydrogen-bond acceptors (Lipinski definition) is 2. The van der Waals surface area contributed by atoms with Crippen LogP contribution >= 0.6 is 0 Å². The van der Waals surface area contributed by atoms with Crippen molar-refractivity contribution in [1.29, 1.82) is 0 Å². The van der Waals surface area contributed by atoms with E-state index < -0.39 is 0 Å². The molecule has 1 aromatic carbocycles. The average Bonchev–Trinajstić information content (AvgIpc) is 2.75. The van der Waals surface area contributed by atoms with Crippen LogP contribution in [0.2, 0.25) is 0 Å². The normalized spacial score (nSPS) is 14.9. The van der Waals surface area contributed by atoms with E-state index in [9.17, 15) is 0 Å². The third-order valence-electron chi connectivity index (χ3n) is 3.19. The van der Waals surface area contributed by atoms with Crippen molar-refractivity contribution in [2.75, 3.05) is 11.4 Å². The molecule has 2 aromatic rings. The molecular weight excluding hydrogens is 198 g/mol. The van der Waals surface area contributed by atoms with Crippen molar-refractivity contribution < 1.29 is 0 Å². The molecule has 0 radical (unpaired) electrons. The highest BCUT2D eigenvalue weighted by atomic mass is 15.3. The topological polar surface area (TPSA) is 21.1 Å². The maximum absolute atomic E-state index is 4.22. The largest absolute Gasteiger partial charge is 0.364 e. The number of hydrogen-bond donors (Lipinski definition) is 0. The predicted molar refractivity (Wildman–Crippen MR) is 64.4 cm³/mol. The Morgan fingerprint density at radius 3 is 2.75 bits per heavy atom. The van der Waals surface area contributed by atoms with E-state index in [0.717, 1.165) is 19.5 Å². The van der Waals surface area contributed by atoms with Crippen molar-refractivity contribution in [3.63, 3.8) is 0 Å². The second kappa shape index (κ2) is 3.67. The second-order valence-corrected chi connectivity index (χ2v) is 4.31. The number of fused-ring (bicyclic) bond motifs is 1. The molecular formula is C13H15N3. The van der Waals surface area contributed by atoms with Crippen molar-refractivity contribution in [3.05, 3.63) is 47.8 Å². The first-order valence-electron chi connectivity index (χ1n) is 5.63. The molecule has 0 amide bonds. The summed E-state index contributed by atoms with van der Waals surface area (Å²) in [6.07, 6.45) is 5.15. The Bertz CT molecular complexity index is 501. The van der Waals surface area contributed by atoms with Crippen LogP contribution in [0.1, 0.15) is 11.1 Å². The Morgan fingerprint density at radius 1 is 1.19 bits per heavy atom. The molecule has 0 saturated heterocycles. The van der Waals surface area contributed by atoms with Gasteiger partial charge < -0.3 is 4.90 Å². The van der Waals surface area contributed by atoms with Crippen molar-refractivity contribution in [1.82, 2.24) is 9.78 Å². The minimum atomic E-state index is 1.00. The van der Waals surface area contributed by atoms with Crippen LogP contribution < -0.4 is 4.90 Å². The van der Waals surface area contributed by atoms with Gasteiger partial charge in [0.1, 0.15) is 0 Å². The van der Waals surface area contributed by atoms with E-state index in [2.05, 4.69) is 40.5 Å². The average molecular weight is 213 g/mol. The molecule has 0 atom stereocenters. The Balaban J connectivity index is 1.88. The molecule has 0 aliphatic carbocycles. The molecule has 1 aliphatic rings. The van der Waals surface area contributed by atoms with Gasteiger partial charge in [-0.25, -0.2) is 0 Å². The summed E-state index contributed by atoms with van der Waals surface area (Å²) in [4.78, 5) is 2.38. The molecule has 16 heavy (non-hydrogen) atoms. The highest BCUT2D eigenvalue weighted by molar-refractivity contribution is 5.46. The van der Waals surface area contributed by atoms with Crippen LogP contribution in [-0.2, 0) is 20.0 Å². The van der Waals surface area contributed by atoms with Gasteiger partial charge >= 0.3 is 0 Å². The van der Waals surface area contributed by atoms with Gasteiger partial charge in [-0.15, -0.1) is 0 Å². The molecule has 0 saturated carbocycles. The summed E-state index contributed by atoms with van der Waals surface area (Å²) in [6, 6.07) is 8.69. The number of benzene rings is 1. The van der Waals surface area contributed by atoms with E-state index in [4.69, 9.17) is 0 Å². The Morgan fingerprint density at radius 2 is 2.00 bits per heavy atom. The maximum atomic E-state index is 4.22. The number of rotatable bonds is 1. The van der Waals surface area contributed by atoms with Gasteiger partial charge in [0.25, 0.3) is 0 Å². The van der Waals surface area contributed by atoms with Gasteiger partial charge in [-0.05, 0) is 17.5 Å². The highest BCUT2D eigenvalue weighted by Gasteiger charge is 2.16. The SMILES string of the molecule is Cn1cc(N2CCc3ccccc3C2)cn1. The molecule has 2 heterocycles. The van der Waals surface area contributed by atoms with Crippen LogP contribution in [0.3, 0.4) is 0 Å². The van der Waals surface area contributed by atoms with E-state index in [-0.39, 0.29) is 0 Å². The van der Waals surface area contributed by atoms with E-state index in [0.29, 0.717) is 0 Å². The third-order valence-corrected chi connectivity index (χ3v) is 3.19. The second-order valence-electron chi connectivity index (χ2n) is 4.31. The van der Waals surface area contributed by atoms with Gasteiger partial charge in [-0.1, -0.05) is 24.3 Å². The molecule has 3 nitrogen and oxygen atoms in total. The fraction of sp³-hybridized carbons (Fsp3) is 0.308. The van der Waals surface area contributed by atoms with Crippen molar-refractivity contribution in [2.45, 2.75) is 13.0 Å². The van der Waals surface area contributed by atoms with Gasteiger partial charge in [0.05, 0.1) is 11.9 Å². The van der Waals surface area contributed by atoms with E-state index in [1.807, 2.05) is 17.9 Å². The van der Waals surface area contributed by atoms with Gasteiger partial charge in [0.2, 0.25) is 0 Å². The van der Waals surface area contributed by atoms with Crippen LogP contribution in [-0.4, -0.2) is 16.3 Å². The summed E-state index contributed by atoms with van der Waals surface area (Å²) in [5.74, 6) is 0.